The third kappa shape index (κ3) is 4.93. The van der Waals surface area contributed by atoms with Crippen molar-refractivity contribution in [3.8, 4) is 0 Å². The molecule has 4 heteroatoms. The van der Waals surface area contributed by atoms with Crippen molar-refractivity contribution >= 4 is 0 Å². The third-order valence-electron chi connectivity index (χ3n) is 3.04. The normalized spacial score (nSPS) is 21.6. The summed E-state index contributed by atoms with van der Waals surface area (Å²) in [5.74, 6) is 0. The van der Waals surface area contributed by atoms with Gasteiger partial charge < -0.3 is 15.2 Å². The van der Waals surface area contributed by atoms with E-state index in [1.807, 2.05) is 20.8 Å². The molecule has 0 aromatic heterocycles. The molecule has 15 heavy (non-hydrogen) atoms. The van der Waals surface area contributed by atoms with E-state index in [0.29, 0.717) is 0 Å². The van der Waals surface area contributed by atoms with Crippen LogP contribution in [0.15, 0.2) is 0 Å². The summed E-state index contributed by atoms with van der Waals surface area (Å²) in [5, 5.41) is 13.1. The molecular formula is C11H24N2O2. The topological polar surface area (TPSA) is 44.7 Å². The average Bonchev–Trinajstić information content (AvgIpc) is 2.18. The molecule has 0 aromatic carbocycles. The molecule has 1 fully saturated rings. The summed E-state index contributed by atoms with van der Waals surface area (Å²) < 4.78 is 5.28. The number of hydrogen-bond donors (Lipinski definition) is 2. The van der Waals surface area contributed by atoms with Gasteiger partial charge in [0.2, 0.25) is 0 Å². The maximum absolute atomic E-state index is 9.73. The van der Waals surface area contributed by atoms with Crippen LogP contribution in [0.5, 0.6) is 0 Å². The van der Waals surface area contributed by atoms with Crippen LogP contribution in [0, 0.1) is 0 Å². The maximum Gasteiger partial charge on any atom is 0.0741 e. The Morgan fingerprint density at radius 3 is 2.53 bits per heavy atom. The molecule has 1 aliphatic rings. The van der Waals surface area contributed by atoms with Gasteiger partial charge in [-0.3, -0.25) is 4.90 Å². The number of rotatable bonds is 5. The quantitative estimate of drug-likeness (QED) is 0.682. The van der Waals surface area contributed by atoms with Crippen LogP contribution in [-0.2, 0) is 4.74 Å². The summed E-state index contributed by atoms with van der Waals surface area (Å²) >= 11 is 0. The van der Waals surface area contributed by atoms with E-state index in [9.17, 15) is 5.11 Å². The number of morpholine rings is 1. The highest BCUT2D eigenvalue weighted by Crippen LogP contribution is 2.06. The highest BCUT2D eigenvalue weighted by molar-refractivity contribution is 4.79. The number of aliphatic hydroxyl groups is 1. The van der Waals surface area contributed by atoms with Crippen molar-refractivity contribution in [1.29, 1.82) is 0 Å². The molecule has 0 aromatic rings. The fraction of sp³-hybridized carbons (Fsp3) is 1.00. The smallest absolute Gasteiger partial charge is 0.0741 e. The van der Waals surface area contributed by atoms with Crippen molar-refractivity contribution in [3.63, 3.8) is 0 Å². The Kier molecular flexibility index (Phi) is 4.99. The monoisotopic (exact) mass is 216 g/mol. The third-order valence-corrected chi connectivity index (χ3v) is 3.04. The lowest BCUT2D eigenvalue weighted by Gasteiger charge is -2.30. The van der Waals surface area contributed by atoms with Gasteiger partial charge in [0.1, 0.15) is 0 Å². The molecule has 0 amide bonds. The van der Waals surface area contributed by atoms with E-state index in [0.717, 1.165) is 39.4 Å². The standard InChI is InChI=1S/C11H24N2O2/c1-10(11(2,3)14)12-4-5-13-6-8-15-9-7-13/h10,12,14H,4-9H2,1-3H3. The number of nitrogens with one attached hydrogen (secondary N) is 1. The van der Waals surface area contributed by atoms with Crippen molar-refractivity contribution in [1.82, 2.24) is 10.2 Å². The molecule has 1 heterocycles. The first-order valence-corrected chi connectivity index (χ1v) is 5.76. The molecule has 1 rings (SSSR count). The Bertz CT molecular complexity index is 174. The van der Waals surface area contributed by atoms with Gasteiger partial charge in [0, 0.05) is 32.2 Å². The van der Waals surface area contributed by atoms with Crippen LogP contribution in [0.4, 0.5) is 0 Å². The molecule has 1 saturated heterocycles. The minimum Gasteiger partial charge on any atom is -0.389 e. The molecule has 0 saturated carbocycles. The minimum atomic E-state index is -0.648. The van der Waals surface area contributed by atoms with Crippen LogP contribution in [0.3, 0.4) is 0 Å². The van der Waals surface area contributed by atoms with Crippen LogP contribution in [0.1, 0.15) is 20.8 Å². The van der Waals surface area contributed by atoms with E-state index in [2.05, 4.69) is 10.2 Å². The molecular weight excluding hydrogens is 192 g/mol. The fourth-order valence-corrected chi connectivity index (χ4v) is 1.51. The van der Waals surface area contributed by atoms with Gasteiger partial charge in [0.15, 0.2) is 0 Å². The Balaban J connectivity index is 2.10. The van der Waals surface area contributed by atoms with Gasteiger partial charge in [-0.1, -0.05) is 0 Å². The largest absolute Gasteiger partial charge is 0.389 e. The number of ether oxygens (including phenoxy) is 1. The van der Waals surface area contributed by atoms with Gasteiger partial charge in [-0.05, 0) is 20.8 Å². The fourth-order valence-electron chi connectivity index (χ4n) is 1.51. The summed E-state index contributed by atoms with van der Waals surface area (Å²) in [4.78, 5) is 2.38. The summed E-state index contributed by atoms with van der Waals surface area (Å²) in [6.07, 6.45) is 0. The van der Waals surface area contributed by atoms with E-state index in [1.165, 1.54) is 0 Å². The van der Waals surface area contributed by atoms with Crippen LogP contribution >= 0.6 is 0 Å². The average molecular weight is 216 g/mol. The van der Waals surface area contributed by atoms with Crippen LogP contribution < -0.4 is 5.32 Å². The second kappa shape index (κ2) is 5.80. The lowest BCUT2D eigenvalue weighted by Crippen LogP contribution is -2.48. The lowest BCUT2D eigenvalue weighted by molar-refractivity contribution is 0.0297. The Morgan fingerprint density at radius 2 is 2.00 bits per heavy atom. The Hall–Kier alpha value is -0.160. The van der Waals surface area contributed by atoms with Gasteiger partial charge >= 0.3 is 0 Å². The summed E-state index contributed by atoms with van der Waals surface area (Å²) in [5.41, 5.74) is -0.648. The molecule has 0 spiro atoms. The highest BCUT2D eigenvalue weighted by atomic mass is 16.5. The van der Waals surface area contributed by atoms with Crippen molar-refractivity contribution in [3.05, 3.63) is 0 Å². The van der Waals surface area contributed by atoms with E-state index >= 15 is 0 Å². The van der Waals surface area contributed by atoms with Crippen LogP contribution in [-0.4, -0.2) is 61.0 Å². The molecule has 1 unspecified atom stereocenters. The Labute approximate surface area is 92.6 Å². The summed E-state index contributed by atoms with van der Waals surface area (Å²) in [6.45, 7) is 11.4. The van der Waals surface area contributed by atoms with Gasteiger partial charge in [-0.25, -0.2) is 0 Å². The van der Waals surface area contributed by atoms with Crippen molar-refractivity contribution in [2.75, 3.05) is 39.4 Å². The molecule has 4 nitrogen and oxygen atoms in total. The van der Waals surface area contributed by atoms with E-state index in [4.69, 9.17) is 4.74 Å². The van der Waals surface area contributed by atoms with Crippen LogP contribution in [0.2, 0.25) is 0 Å². The van der Waals surface area contributed by atoms with E-state index in [-0.39, 0.29) is 6.04 Å². The zero-order valence-corrected chi connectivity index (χ0v) is 10.1. The van der Waals surface area contributed by atoms with Gasteiger partial charge in [-0.2, -0.15) is 0 Å². The molecule has 1 atom stereocenters. The molecule has 1 aliphatic heterocycles. The highest BCUT2D eigenvalue weighted by Gasteiger charge is 2.21. The van der Waals surface area contributed by atoms with Gasteiger partial charge in [0.05, 0.1) is 18.8 Å². The maximum atomic E-state index is 9.73. The second-order valence-electron chi connectivity index (χ2n) is 4.78. The first kappa shape index (κ1) is 12.9. The molecule has 90 valence electrons. The van der Waals surface area contributed by atoms with Crippen LogP contribution in [0.25, 0.3) is 0 Å². The zero-order valence-electron chi connectivity index (χ0n) is 10.1. The summed E-state index contributed by atoms with van der Waals surface area (Å²) in [7, 11) is 0. The number of nitrogens with zero attached hydrogens (tertiary/aromatic N) is 1. The first-order chi connectivity index (χ1) is 7.00. The van der Waals surface area contributed by atoms with E-state index < -0.39 is 5.60 Å². The van der Waals surface area contributed by atoms with Crippen molar-refractivity contribution in [2.45, 2.75) is 32.4 Å². The first-order valence-electron chi connectivity index (χ1n) is 5.76. The van der Waals surface area contributed by atoms with E-state index in [1.54, 1.807) is 0 Å². The van der Waals surface area contributed by atoms with Gasteiger partial charge in [0.25, 0.3) is 0 Å². The second-order valence-corrected chi connectivity index (χ2v) is 4.78. The predicted octanol–water partition coefficient (Wildman–Crippen LogP) is 0.0676. The molecule has 0 radical (unpaired) electrons. The van der Waals surface area contributed by atoms with Gasteiger partial charge in [-0.15, -0.1) is 0 Å². The zero-order chi connectivity index (χ0) is 11.3. The summed E-state index contributed by atoms with van der Waals surface area (Å²) in [6, 6.07) is 0.124. The molecule has 0 bridgehead atoms. The van der Waals surface area contributed by atoms with Crippen molar-refractivity contribution in [2.24, 2.45) is 0 Å². The SMILES string of the molecule is CC(NCCN1CCOCC1)C(C)(C)O. The minimum absolute atomic E-state index is 0.124. The van der Waals surface area contributed by atoms with Crippen molar-refractivity contribution < 1.29 is 9.84 Å². The lowest BCUT2D eigenvalue weighted by atomic mass is 10.0. The Morgan fingerprint density at radius 1 is 1.40 bits per heavy atom. The molecule has 0 aliphatic carbocycles. The predicted molar refractivity (Wildman–Crippen MR) is 61.0 cm³/mol. The molecule has 2 N–H and O–H groups in total. The number of hydrogen-bond acceptors (Lipinski definition) is 4.